The molecule has 110 valence electrons. The highest BCUT2D eigenvalue weighted by atomic mass is 79.9. The number of nitrogens with one attached hydrogen (secondary N) is 1. The first-order valence-electron chi connectivity index (χ1n) is 7.03. The second-order valence-electron chi connectivity index (χ2n) is 5.53. The van der Waals surface area contributed by atoms with Gasteiger partial charge in [-0.1, -0.05) is 23.8 Å². The largest absolute Gasteiger partial charge is 0.310 e. The molecule has 0 aliphatic heterocycles. The molecule has 0 atom stereocenters. The predicted molar refractivity (Wildman–Crippen MR) is 84.1 cm³/mol. The van der Waals surface area contributed by atoms with E-state index in [0.29, 0.717) is 18.2 Å². The summed E-state index contributed by atoms with van der Waals surface area (Å²) in [7, 11) is 0. The van der Waals surface area contributed by atoms with Gasteiger partial charge in [0.05, 0.1) is 10.0 Å². The Morgan fingerprint density at radius 2 is 1.95 bits per heavy atom. The topological polar surface area (TPSA) is 12.0 Å². The summed E-state index contributed by atoms with van der Waals surface area (Å²) < 4.78 is 28.8. The minimum absolute atomic E-state index is 0.0423. The number of hydrogen-bond acceptors (Lipinski definition) is 1. The Hall–Kier alpha value is -1.26. The van der Waals surface area contributed by atoms with Gasteiger partial charge in [-0.3, -0.25) is 0 Å². The molecule has 3 rings (SSSR count). The molecule has 2 aromatic carbocycles. The van der Waals surface area contributed by atoms with E-state index >= 15 is 0 Å². The summed E-state index contributed by atoms with van der Waals surface area (Å²) in [5, 5.41) is 3.40. The lowest BCUT2D eigenvalue weighted by Crippen LogP contribution is -2.16. The molecule has 2 aromatic rings. The van der Waals surface area contributed by atoms with Gasteiger partial charge in [-0.25, -0.2) is 8.78 Å². The zero-order chi connectivity index (χ0) is 15.0. The fourth-order valence-corrected chi connectivity index (χ4v) is 2.72. The van der Waals surface area contributed by atoms with Crippen LogP contribution in [0.15, 0.2) is 34.8 Å². The van der Waals surface area contributed by atoms with Crippen LogP contribution >= 0.6 is 15.9 Å². The molecule has 4 heteroatoms. The normalized spacial score (nSPS) is 14.5. The van der Waals surface area contributed by atoms with Crippen molar-refractivity contribution in [3.63, 3.8) is 0 Å². The monoisotopic (exact) mass is 351 g/mol. The van der Waals surface area contributed by atoms with E-state index in [4.69, 9.17) is 0 Å². The van der Waals surface area contributed by atoms with E-state index in [1.807, 2.05) is 25.1 Å². The molecule has 0 bridgehead atoms. The maximum absolute atomic E-state index is 14.4. The first-order valence-corrected chi connectivity index (χ1v) is 7.82. The Labute approximate surface area is 131 Å². The maximum atomic E-state index is 14.4. The minimum Gasteiger partial charge on any atom is -0.310 e. The quantitative estimate of drug-likeness (QED) is 0.768. The first-order chi connectivity index (χ1) is 10.1. The molecule has 1 fully saturated rings. The first kappa shape index (κ1) is 14.7. The van der Waals surface area contributed by atoms with Crippen molar-refractivity contribution in [1.82, 2.24) is 5.32 Å². The smallest absolute Gasteiger partial charge is 0.148 e. The van der Waals surface area contributed by atoms with E-state index in [9.17, 15) is 8.78 Å². The summed E-state index contributed by atoms with van der Waals surface area (Å²) in [4.78, 5) is 0. The van der Waals surface area contributed by atoms with Gasteiger partial charge >= 0.3 is 0 Å². The molecule has 0 saturated heterocycles. The van der Waals surface area contributed by atoms with Gasteiger partial charge in [-0.15, -0.1) is 0 Å². The zero-order valence-electron chi connectivity index (χ0n) is 11.7. The molecule has 1 aliphatic carbocycles. The summed E-state index contributed by atoms with van der Waals surface area (Å²) in [6, 6.07) is 9.00. The van der Waals surface area contributed by atoms with Gasteiger partial charge in [-0.05, 0) is 59.0 Å². The maximum Gasteiger partial charge on any atom is 0.148 e. The van der Waals surface area contributed by atoms with Crippen LogP contribution in [0, 0.1) is 18.6 Å². The van der Waals surface area contributed by atoms with Gasteiger partial charge in [0, 0.05) is 12.6 Å². The van der Waals surface area contributed by atoms with Crippen molar-refractivity contribution in [1.29, 1.82) is 0 Å². The van der Waals surface area contributed by atoms with Gasteiger partial charge < -0.3 is 5.32 Å². The molecule has 1 aliphatic rings. The summed E-state index contributed by atoms with van der Waals surface area (Å²) in [6.45, 7) is 2.56. The van der Waals surface area contributed by atoms with E-state index < -0.39 is 11.6 Å². The average Bonchev–Trinajstić information content (AvgIpc) is 3.27. The number of rotatable bonds is 4. The van der Waals surface area contributed by atoms with E-state index in [2.05, 4.69) is 21.2 Å². The fraction of sp³-hybridized carbons (Fsp3) is 0.294. The third kappa shape index (κ3) is 3.16. The molecule has 0 aromatic heterocycles. The fourth-order valence-electron chi connectivity index (χ4n) is 2.39. The number of hydrogen-bond donors (Lipinski definition) is 1. The molecule has 1 N–H and O–H groups in total. The van der Waals surface area contributed by atoms with Crippen molar-refractivity contribution >= 4 is 15.9 Å². The van der Waals surface area contributed by atoms with Crippen molar-refractivity contribution in [3.8, 4) is 11.1 Å². The van der Waals surface area contributed by atoms with Crippen LogP contribution in [0.4, 0.5) is 8.78 Å². The van der Waals surface area contributed by atoms with Crippen molar-refractivity contribution < 1.29 is 8.78 Å². The van der Waals surface area contributed by atoms with Crippen LogP contribution in [0.2, 0.25) is 0 Å². The molecular weight excluding hydrogens is 336 g/mol. The summed E-state index contributed by atoms with van der Waals surface area (Å²) in [5.74, 6) is -1.08. The Kier molecular flexibility index (Phi) is 4.09. The highest BCUT2D eigenvalue weighted by Gasteiger charge is 2.22. The molecular formula is C17H16BrF2N. The van der Waals surface area contributed by atoms with Gasteiger partial charge in [0.2, 0.25) is 0 Å². The average molecular weight is 352 g/mol. The van der Waals surface area contributed by atoms with Gasteiger partial charge in [0.1, 0.15) is 11.6 Å². The van der Waals surface area contributed by atoms with Crippen molar-refractivity contribution in [2.24, 2.45) is 0 Å². The lowest BCUT2D eigenvalue weighted by atomic mass is 9.96. The molecule has 1 saturated carbocycles. The number of benzene rings is 2. The van der Waals surface area contributed by atoms with Crippen LogP contribution in [0.25, 0.3) is 11.1 Å². The molecule has 0 heterocycles. The van der Waals surface area contributed by atoms with Gasteiger partial charge in [0.25, 0.3) is 0 Å². The predicted octanol–water partition coefficient (Wildman–Crippen LogP) is 4.95. The Bertz CT molecular complexity index is 681. The second-order valence-corrected chi connectivity index (χ2v) is 6.39. The van der Waals surface area contributed by atoms with Gasteiger partial charge in [-0.2, -0.15) is 0 Å². The molecule has 21 heavy (non-hydrogen) atoms. The lowest BCUT2D eigenvalue weighted by Gasteiger charge is -2.14. The van der Waals surface area contributed by atoms with Crippen LogP contribution in [0.1, 0.15) is 24.0 Å². The van der Waals surface area contributed by atoms with Crippen LogP contribution in [0.3, 0.4) is 0 Å². The summed E-state index contributed by atoms with van der Waals surface area (Å²) >= 11 is 3.14. The van der Waals surface area contributed by atoms with Crippen LogP contribution in [-0.4, -0.2) is 6.04 Å². The number of halogens is 3. The van der Waals surface area contributed by atoms with E-state index in [1.165, 1.54) is 25.0 Å². The Morgan fingerprint density at radius 1 is 1.19 bits per heavy atom. The zero-order valence-corrected chi connectivity index (χ0v) is 13.3. The standard InChI is InChI=1S/C17H16BrF2N/c1-10-2-3-11(9-21-12-4-5-12)13(8-10)16-15(19)7-6-14(18)17(16)20/h2-3,6-8,12,21H,4-5,9H2,1H3. The number of aryl methyl sites for hydroxylation is 1. The van der Waals surface area contributed by atoms with Crippen LogP contribution in [-0.2, 0) is 6.54 Å². The molecule has 0 radical (unpaired) electrons. The summed E-state index contributed by atoms with van der Waals surface area (Å²) in [5.41, 5.74) is 2.57. The minimum atomic E-state index is -0.548. The second kappa shape index (κ2) is 5.85. The lowest BCUT2D eigenvalue weighted by molar-refractivity contribution is 0.584. The third-order valence-corrected chi connectivity index (χ3v) is 4.35. The molecule has 0 amide bonds. The van der Waals surface area contributed by atoms with E-state index in [1.54, 1.807) is 0 Å². The van der Waals surface area contributed by atoms with Crippen molar-refractivity contribution in [2.75, 3.05) is 0 Å². The SMILES string of the molecule is Cc1ccc(CNC2CC2)c(-c2c(F)ccc(Br)c2F)c1. The van der Waals surface area contributed by atoms with E-state index in [-0.39, 0.29) is 10.0 Å². The third-order valence-electron chi connectivity index (χ3n) is 3.74. The Morgan fingerprint density at radius 3 is 2.67 bits per heavy atom. The highest BCUT2D eigenvalue weighted by molar-refractivity contribution is 9.10. The van der Waals surface area contributed by atoms with Crippen LogP contribution in [0.5, 0.6) is 0 Å². The van der Waals surface area contributed by atoms with E-state index in [0.717, 1.165) is 11.1 Å². The Balaban J connectivity index is 2.07. The van der Waals surface area contributed by atoms with Crippen molar-refractivity contribution in [2.45, 2.75) is 32.4 Å². The molecule has 0 spiro atoms. The molecule has 0 unspecified atom stereocenters. The van der Waals surface area contributed by atoms with Gasteiger partial charge in [0.15, 0.2) is 0 Å². The summed E-state index contributed by atoms with van der Waals surface area (Å²) in [6.07, 6.45) is 2.36. The highest BCUT2D eigenvalue weighted by Crippen LogP contribution is 2.34. The van der Waals surface area contributed by atoms with Crippen molar-refractivity contribution in [3.05, 3.63) is 57.6 Å². The van der Waals surface area contributed by atoms with Crippen LogP contribution < -0.4 is 5.32 Å². The molecule has 1 nitrogen and oxygen atoms in total.